The molecule has 5 nitrogen and oxygen atoms in total. The van der Waals surface area contributed by atoms with Gasteiger partial charge in [-0.3, -0.25) is 4.79 Å². The molecule has 0 aliphatic heterocycles. The topological polar surface area (TPSA) is 75.4 Å². The number of carboxylic acid groups (broad SMARTS) is 1. The van der Waals surface area contributed by atoms with Crippen molar-refractivity contribution >= 4 is 5.97 Å². The molecule has 1 heterocycles. The molecule has 0 radical (unpaired) electrons. The summed E-state index contributed by atoms with van der Waals surface area (Å²) >= 11 is 0. The molecule has 0 amide bonds. The van der Waals surface area contributed by atoms with Gasteiger partial charge < -0.3 is 14.8 Å². The standard InChI is InChI=1S/C15H18N2O3/c1-2-13-9-17-14(20-13)10-16-8-12-5-3-11(4-6-12)7-15(18)19/h3-6,9,16H,2,7-8,10H2,1H3,(H,18,19). The highest BCUT2D eigenvalue weighted by molar-refractivity contribution is 5.70. The van der Waals surface area contributed by atoms with Gasteiger partial charge in [0.15, 0.2) is 0 Å². The number of aliphatic carboxylic acids is 1. The molecule has 2 aromatic rings. The Morgan fingerprint density at radius 2 is 1.95 bits per heavy atom. The van der Waals surface area contributed by atoms with Crippen LogP contribution in [0.15, 0.2) is 34.9 Å². The molecule has 0 aliphatic carbocycles. The lowest BCUT2D eigenvalue weighted by molar-refractivity contribution is -0.136. The minimum atomic E-state index is -0.813. The highest BCUT2D eigenvalue weighted by Gasteiger charge is 2.03. The number of aryl methyl sites for hydroxylation is 1. The molecule has 0 bridgehead atoms. The lowest BCUT2D eigenvalue weighted by Crippen LogP contribution is -2.12. The molecular weight excluding hydrogens is 256 g/mol. The van der Waals surface area contributed by atoms with Crippen LogP contribution in [-0.4, -0.2) is 16.1 Å². The second kappa shape index (κ2) is 6.86. The molecule has 0 saturated heterocycles. The zero-order chi connectivity index (χ0) is 14.4. The molecular formula is C15H18N2O3. The van der Waals surface area contributed by atoms with E-state index in [1.807, 2.05) is 31.2 Å². The number of hydrogen-bond donors (Lipinski definition) is 2. The van der Waals surface area contributed by atoms with Crippen LogP contribution in [-0.2, 0) is 30.7 Å². The Labute approximate surface area is 117 Å². The van der Waals surface area contributed by atoms with Crippen LogP contribution in [0.4, 0.5) is 0 Å². The summed E-state index contributed by atoms with van der Waals surface area (Å²) in [5.74, 6) is 0.760. The van der Waals surface area contributed by atoms with E-state index in [9.17, 15) is 4.79 Å². The number of nitrogens with one attached hydrogen (secondary N) is 1. The second-order valence-corrected chi connectivity index (χ2v) is 4.56. The Morgan fingerprint density at radius 1 is 1.25 bits per heavy atom. The molecule has 0 aliphatic rings. The summed E-state index contributed by atoms with van der Waals surface area (Å²) in [6, 6.07) is 7.54. The molecule has 106 valence electrons. The first kappa shape index (κ1) is 14.3. The van der Waals surface area contributed by atoms with Gasteiger partial charge in [-0.2, -0.15) is 0 Å². The summed E-state index contributed by atoms with van der Waals surface area (Å²) in [7, 11) is 0. The van der Waals surface area contributed by atoms with Crippen molar-refractivity contribution in [3.63, 3.8) is 0 Å². The van der Waals surface area contributed by atoms with Gasteiger partial charge in [0, 0.05) is 13.0 Å². The van der Waals surface area contributed by atoms with Crippen molar-refractivity contribution in [1.82, 2.24) is 10.3 Å². The van der Waals surface area contributed by atoms with Crippen LogP contribution in [0, 0.1) is 0 Å². The third-order valence-electron chi connectivity index (χ3n) is 2.93. The molecule has 5 heteroatoms. The van der Waals surface area contributed by atoms with Crippen LogP contribution < -0.4 is 5.32 Å². The van der Waals surface area contributed by atoms with Crippen LogP contribution in [0.1, 0.15) is 29.7 Å². The Balaban J connectivity index is 1.80. The number of aromatic nitrogens is 1. The zero-order valence-electron chi connectivity index (χ0n) is 11.4. The van der Waals surface area contributed by atoms with Crippen molar-refractivity contribution in [1.29, 1.82) is 0 Å². The molecule has 20 heavy (non-hydrogen) atoms. The number of carboxylic acids is 1. The number of carbonyl (C=O) groups is 1. The molecule has 0 atom stereocenters. The van der Waals surface area contributed by atoms with Crippen LogP contribution in [0.25, 0.3) is 0 Å². The van der Waals surface area contributed by atoms with E-state index in [4.69, 9.17) is 9.52 Å². The molecule has 2 N–H and O–H groups in total. The van der Waals surface area contributed by atoms with Gasteiger partial charge in [0.2, 0.25) is 5.89 Å². The van der Waals surface area contributed by atoms with Crippen molar-refractivity contribution in [2.24, 2.45) is 0 Å². The summed E-state index contributed by atoms with van der Waals surface area (Å²) in [5, 5.41) is 11.9. The summed E-state index contributed by atoms with van der Waals surface area (Å²) in [6.45, 7) is 3.30. The minimum Gasteiger partial charge on any atom is -0.481 e. The Hall–Kier alpha value is -2.14. The first-order valence-electron chi connectivity index (χ1n) is 6.61. The number of hydrogen-bond acceptors (Lipinski definition) is 4. The first-order valence-corrected chi connectivity index (χ1v) is 6.61. The maximum Gasteiger partial charge on any atom is 0.307 e. The van der Waals surface area contributed by atoms with Crippen molar-refractivity contribution in [3.05, 3.63) is 53.2 Å². The molecule has 0 spiro atoms. The van der Waals surface area contributed by atoms with Crippen molar-refractivity contribution < 1.29 is 14.3 Å². The average molecular weight is 274 g/mol. The number of oxazole rings is 1. The highest BCUT2D eigenvalue weighted by Crippen LogP contribution is 2.07. The monoisotopic (exact) mass is 274 g/mol. The van der Waals surface area contributed by atoms with Crippen molar-refractivity contribution in [3.8, 4) is 0 Å². The maximum atomic E-state index is 10.6. The predicted octanol–water partition coefficient (Wildman–Crippen LogP) is 2.15. The fraction of sp³-hybridized carbons (Fsp3) is 0.333. The molecule has 1 aromatic carbocycles. The number of rotatable bonds is 7. The Kier molecular flexibility index (Phi) is 4.90. The van der Waals surface area contributed by atoms with Gasteiger partial charge in [0.1, 0.15) is 5.76 Å². The Bertz CT molecular complexity index is 561. The summed E-state index contributed by atoms with van der Waals surface area (Å²) in [4.78, 5) is 14.8. The minimum absolute atomic E-state index is 0.0593. The molecule has 0 saturated carbocycles. The fourth-order valence-corrected chi connectivity index (χ4v) is 1.86. The maximum absolute atomic E-state index is 10.6. The van der Waals surface area contributed by atoms with E-state index in [0.717, 1.165) is 23.3 Å². The van der Waals surface area contributed by atoms with E-state index in [-0.39, 0.29) is 6.42 Å². The lowest BCUT2D eigenvalue weighted by Gasteiger charge is -2.04. The quantitative estimate of drug-likeness (QED) is 0.809. The second-order valence-electron chi connectivity index (χ2n) is 4.56. The summed E-state index contributed by atoms with van der Waals surface area (Å²) in [5.41, 5.74) is 1.91. The molecule has 2 rings (SSSR count). The van der Waals surface area contributed by atoms with E-state index < -0.39 is 5.97 Å². The third kappa shape index (κ3) is 4.20. The van der Waals surface area contributed by atoms with Gasteiger partial charge in [0.05, 0.1) is 19.2 Å². The van der Waals surface area contributed by atoms with E-state index in [1.54, 1.807) is 6.20 Å². The summed E-state index contributed by atoms with van der Waals surface area (Å²) in [6.07, 6.45) is 2.65. The Morgan fingerprint density at radius 3 is 2.55 bits per heavy atom. The van der Waals surface area contributed by atoms with Crippen LogP contribution >= 0.6 is 0 Å². The largest absolute Gasteiger partial charge is 0.481 e. The van der Waals surface area contributed by atoms with Crippen LogP contribution in [0.3, 0.4) is 0 Å². The average Bonchev–Trinajstić information content (AvgIpc) is 2.88. The van der Waals surface area contributed by atoms with Gasteiger partial charge in [-0.05, 0) is 11.1 Å². The van der Waals surface area contributed by atoms with Crippen LogP contribution in [0.5, 0.6) is 0 Å². The highest BCUT2D eigenvalue weighted by atomic mass is 16.4. The van der Waals surface area contributed by atoms with Gasteiger partial charge in [-0.15, -0.1) is 0 Å². The lowest BCUT2D eigenvalue weighted by atomic mass is 10.1. The predicted molar refractivity (Wildman–Crippen MR) is 74.2 cm³/mol. The SMILES string of the molecule is CCc1cnc(CNCc2ccc(CC(=O)O)cc2)o1. The molecule has 0 fully saturated rings. The number of benzene rings is 1. The van der Waals surface area contributed by atoms with Gasteiger partial charge in [-0.25, -0.2) is 4.98 Å². The van der Waals surface area contributed by atoms with E-state index >= 15 is 0 Å². The van der Waals surface area contributed by atoms with E-state index in [2.05, 4.69) is 10.3 Å². The van der Waals surface area contributed by atoms with Crippen molar-refractivity contribution in [2.75, 3.05) is 0 Å². The van der Waals surface area contributed by atoms with Crippen molar-refractivity contribution in [2.45, 2.75) is 32.9 Å². The van der Waals surface area contributed by atoms with E-state index in [0.29, 0.717) is 19.0 Å². The fourth-order valence-electron chi connectivity index (χ4n) is 1.86. The molecule has 0 unspecified atom stereocenters. The van der Waals surface area contributed by atoms with Gasteiger partial charge in [-0.1, -0.05) is 31.2 Å². The molecule has 1 aromatic heterocycles. The number of nitrogens with zero attached hydrogens (tertiary/aromatic N) is 1. The van der Waals surface area contributed by atoms with Gasteiger partial charge in [0.25, 0.3) is 0 Å². The first-order chi connectivity index (χ1) is 9.67. The third-order valence-corrected chi connectivity index (χ3v) is 2.93. The smallest absolute Gasteiger partial charge is 0.307 e. The van der Waals surface area contributed by atoms with Gasteiger partial charge >= 0.3 is 5.97 Å². The van der Waals surface area contributed by atoms with Crippen LogP contribution in [0.2, 0.25) is 0 Å². The normalized spacial score (nSPS) is 10.7. The zero-order valence-corrected chi connectivity index (χ0v) is 11.4. The van der Waals surface area contributed by atoms with E-state index in [1.165, 1.54) is 0 Å². The summed E-state index contributed by atoms with van der Waals surface area (Å²) < 4.78 is 5.49.